The molecular formula is C37H40FN3O4S. The van der Waals surface area contributed by atoms with E-state index >= 15 is 0 Å². The van der Waals surface area contributed by atoms with Gasteiger partial charge in [0, 0.05) is 19.0 Å². The molecule has 1 aliphatic rings. The quantitative estimate of drug-likeness (QED) is 0.196. The Balaban J connectivity index is 1.57. The molecule has 7 nitrogen and oxygen atoms in total. The number of amides is 2. The van der Waals surface area contributed by atoms with Crippen molar-refractivity contribution in [2.75, 3.05) is 10.8 Å². The van der Waals surface area contributed by atoms with Crippen LogP contribution in [-0.2, 0) is 32.6 Å². The maximum absolute atomic E-state index is 14.6. The van der Waals surface area contributed by atoms with E-state index in [1.165, 1.54) is 29.2 Å². The fourth-order valence-corrected chi connectivity index (χ4v) is 7.53. The van der Waals surface area contributed by atoms with Crippen molar-refractivity contribution in [2.45, 2.75) is 69.5 Å². The fraction of sp³-hybridized carbons (Fsp3) is 0.297. The van der Waals surface area contributed by atoms with Gasteiger partial charge in [-0.15, -0.1) is 0 Å². The van der Waals surface area contributed by atoms with Crippen molar-refractivity contribution in [3.63, 3.8) is 0 Å². The van der Waals surface area contributed by atoms with E-state index in [9.17, 15) is 22.4 Å². The van der Waals surface area contributed by atoms with Crippen molar-refractivity contribution in [3.8, 4) is 0 Å². The van der Waals surface area contributed by atoms with Gasteiger partial charge in [-0.3, -0.25) is 13.9 Å². The molecule has 0 unspecified atom stereocenters. The number of carbonyl (C=O) groups excluding carboxylic acids is 2. The molecule has 1 fully saturated rings. The highest BCUT2D eigenvalue weighted by Crippen LogP contribution is 2.29. The van der Waals surface area contributed by atoms with Crippen molar-refractivity contribution in [3.05, 3.63) is 131 Å². The van der Waals surface area contributed by atoms with Crippen molar-refractivity contribution >= 4 is 27.5 Å². The summed E-state index contributed by atoms with van der Waals surface area (Å²) >= 11 is 0. The van der Waals surface area contributed by atoms with Gasteiger partial charge in [0.15, 0.2) is 0 Å². The van der Waals surface area contributed by atoms with Gasteiger partial charge < -0.3 is 10.2 Å². The molecule has 0 aliphatic heterocycles. The summed E-state index contributed by atoms with van der Waals surface area (Å²) < 4.78 is 43.4. The van der Waals surface area contributed by atoms with Crippen LogP contribution in [0, 0.1) is 19.7 Å². The maximum Gasteiger partial charge on any atom is 0.264 e. The number of sulfonamides is 1. The lowest BCUT2D eigenvalue weighted by Crippen LogP contribution is -2.54. The van der Waals surface area contributed by atoms with E-state index in [1.54, 1.807) is 36.4 Å². The molecule has 1 aliphatic carbocycles. The van der Waals surface area contributed by atoms with E-state index < -0.39 is 34.3 Å². The highest BCUT2D eigenvalue weighted by atomic mass is 32.2. The number of hydrogen-bond donors (Lipinski definition) is 1. The fourth-order valence-electron chi connectivity index (χ4n) is 6.03. The van der Waals surface area contributed by atoms with Crippen LogP contribution in [0.15, 0.2) is 108 Å². The second-order valence-corrected chi connectivity index (χ2v) is 13.8. The minimum Gasteiger partial charge on any atom is -0.352 e. The Hall–Kier alpha value is -4.50. The van der Waals surface area contributed by atoms with Crippen molar-refractivity contribution in [1.29, 1.82) is 0 Å². The summed E-state index contributed by atoms with van der Waals surface area (Å²) in [6.45, 7) is 3.18. The van der Waals surface area contributed by atoms with E-state index in [4.69, 9.17) is 0 Å². The Kier molecular flexibility index (Phi) is 10.5. The highest BCUT2D eigenvalue weighted by Gasteiger charge is 2.36. The lowest BCUT2D eigenvalue weighted by molar-refractivity contribution is -0.140. The molecule has 9 heteroatoms. The zero-order valence-electron chi connectivity index (χ0n) is 26.2. The standard InChI is InChI=1S/C37H40FN3O4S/c1-27-17-22-34(28(2)23-27)41(46(44,45)33-15-7-4-8-16-33)26-36(42)40(25-30-18-20-31(38)21-19-30)35(24-29-11-5-3-6-12-29)37(43)39-32-13-9-10-14-32/h3-8,11-12,15-23,32,35H,9-10,13-14,24-26H2,1-2H3,(H,39,43)/t35-/m0/s1. The zero-order chi connectivity index (χ0) is 32.7. The topological polar surface area (TPSA) is 86.8 Å². The van der Waals surface area contributed by atoms with Crippen LogP contribution in [0.3, 0.4) is 0 Å². The molecule has 0 bridgehead atoms. The molecule has 0 aromatic heterocycles. The van der Waals surface area contributed by atoms with E-state index in [0.29, 0.717) is 16.8 Å². The number of benzene rings is 4. The Labute approximate surface area is 271 Å². The molecule has 1 saturated carbocycles. The van der Waals surface area contributed by atoms with Crippen LogP contribution >= 0.6 is 0 Å². The van der Waals surface area contributed by atoms with Gasteiger partial charge >= 0.3 is 0 Å². The van der Waals surface area contributed by atoms with Crippen LogP contribution in [0.2, 0.25) is 0 Å². The minimum atomic E-state index is -4.18. The van der Waals surface area contributed by atoms with Crippen LogP contribution in [0.1, 0.15) is 47.9 Å². The number of rotatable bonds is 12. The lowest BCUT2D eigenvalue weighted by Gasteiger charge is -2.34. The number of anilines is 1. The molecule has 4 aromatic rings. The molecular weight excluding hydrogens is 601 g/mol. The van der Waals surface area contributed by atoms with Crippen molar-refractivity contribution in [1.82, 2.24) is 10.2 Å². The normalized spacial score (nSPS) is 14.1. The first-order chi connectivity index (χ1) is 22.1. The Bertz CT molecular complexity index is 1740. The summed E-state index contributed by atoms with van der Waals surface area (Å²) in [4.78, 5) is 30.2. The Morgan fingerprint density at radius 1 is 0.848 bits per heavy atom. The average molecular weight is 642 g/mol. The number of nitrogens with one attached hydrogen (secondary N) is 1. The Morgan fingerprint density at radius 3 is 2.11 bits per heavy atom. The second-order valence-electron chi connectivity index (χ2n) is 12.0. The SMILES string of the molecule is Cc1ccc(N(CC(=O)N(Cc2ccc(F)cc2)[C@@H](Cc2ccccc2)C(=O)NC2CCCC2)S(=O)(=O)c2ccccc2)c(C)c1. The van der Waals surface area contributed by atoms with Crippen LogP contribution in [0.5, 0.6) is 0 Å². The summed E-state index contributed by atoms with van der Waals surface area (Å²) in [5.74, 6) is -1.27. The van der Waals surface area contributed by atoms with Gasteiger partial charge in [-0.05, 0) is 73.7 Å². The van der Waals surface area contributed by atoms with Crippen molar-refractivity contribution < 1.29 is 22.4 Å². The maximum atomic E-state index is 14.6. The van der Waals surface area contributed by atoms with Gasteiger partial charge in [-0.25, -0.2) is 12.8 Å². The van der Waals surface area contributed by atoms with Gasteiger partial charge in [0.05, 0.1) is 10.6 Å². The zero-order valence-corrected chi connectivity index (χ0v) is 27.0. The van der Waals surface area contributed by atoms with Gasteiger partial charge in [0.25, 0.3) is 10.0 Å². The second kappa shape index (κ2) is 14.7. The molecule has 4 aromatic carbocycles. The van der Waals surface area contributed by atoms with Gasteiger partial charge in [-0.2, -0.15) is 0 Å². The summed E-state index contributed by atoms with van der Waals surface area (Å²) in [6, 6.07) is 27.7. The molecule has 1 atom stereocenters. The summed E-state index contributed by atoms with van der Waals surface area (Å²) in [5, 5.41) is 3.16. The third-order valence-electron chi connectivity index (χ3n) is 8.47. The third kappa shape index (κ3) is 8.01. The van der Waals surface area contributed by atoms with Crippen LogP contribution in [0.25, 0.3) is 0 Å². The molecule has 0 radical (unpaired) electrons. The Morgan fingerprint density at radius 2 is 1.48 bits per heavy atom. The van der Waals surface area contributed by atoms with Crippen LogP contribution < -0.4 is 9.62 Å². The first-order valence-corrected chi connectivity index (χ1v) is 17.1. The minimum absolute atomic E-state index is 0.0127. The number of halogens is 1. The molecule has 5 rings (SSSR count). The molecule has 0 heterocycles. The van der Waals surface area contributed by atoms with E-state index in [0.717, 1.165) is 41.1 Å². The predicted molar refractivity (Wildman–Crippen MR) is 178 cm³/mol. The molecule has 1 N–H and O–H groups in total. The molecule has 0 spiro atoms. The van der Waals surface area contributed by atoms with Crippen molar-refractivity contribution in [2.24, 2.45) is 0 Å². The smallest absolute Gasteiger partial charge is 0.264 e. The van der Waals surface area contributed by atoms with E-state index in [-0.39, 0.29) is 29.8 Å². The predicted octanol–water partition coefficient (Wildman–Crippen LogP) is 6.34. The molecule has 2 amide bonds. The number of carbonyl (C=O) groups is 2. The average Bonchev–Trinajstić information content (AvgIpc) is 3.56. The summed E-state index contributed by atoms with van der Waals surface area (Å²) in [5.41, 5.74) is 3.49. The molecule has 46 heavy (non-hydrogen) atoms. The van der Waals surface area contributed by atoms with Gasteiger partial charge in [-0.1, -0.05) is 91.2 Å². The number of aryl methyl sites for hydroxylation is 2. The summed E-state index contributed by atoms with van der Waals surface area (Å²) in [6.07, 6.45) is 4.00. The molecule has 0 saturated heterocycles. The summed E-state index contributed by atoms with van der Waals surface area (Å²) in [7, 11) is -4.18. The lowest BCUT2D eigenvalue weighted by atomic mass is 10.0. The number of nitrogens with zero attached hydrogens (tertiary/aromatic N) is 2. The van der Waals surface area contributed by atoms with Gasteiger partial charge in [0.2, 0.25) is 11.8 Å². The van der Waals surface area contributed by atoms with E-state index in [1.807, 2.05) is 56.3 Å². The van der Waals surface area contributed by atoms with Gasteiger partial charge in [0.1, 0.15) is 18.4 Å². The largest absolute Gasteiger partial charge is 0.352 e. The van der Waals surface area contributed by atoms with Crippen LogP contribution in [-0.4, -0.2) is 43.8 Å². The first-order valence-electron chi connectivity index (χ1n) is 15.6. The van der Waals surface area contributed by atoms with E-state index in [2.05, 4.69) is 5.32 Å². The molecule has 240 valence electrons. The highest BCUT2D eigenvalue weighted by molar-refractivity contribution is 7.92. The number of hydrogen-bond acceptors (Lipinski definition) is 4. The monoisotopic (exact) mass is 641 g/mol. The van der Waals surface area contributed by atoms with Crippen LogP contribution in [0.4, 0.5) is 10.1 Å². The first kappa shape index (κ1) is 32.9. The third-order valence-corrected chi connectivity index (χ3v) is 10.2.